The third kappa shape index (κ3) is 5.73. The minimum Gasteiger partial charge on any atom is -0.489 e. The van der Waals surface area contributed by atoms with Crippen molar-refractivity contribution < 1.29 is 18.3 Å². The van der Waals surface area contributed by atoms with Crippen LogP contribution in [0.5, 0.6) is 5.75 Å². The number of amides is 1. The number of ether oxygens (including phenoxy) is 1. The van der Waals surface area contributed by atoms with Gasteiger partial charge in [0.2, 0.25) is 0 Å². The first-order valence-electron chi connectivity index (χ1n) is 9.89. The summed E-state index contributed by atoms with van der Waals surface area (Å²) < 4.78 is 32.1. The second-order valence-corrected chi connectivity index (χ2v) is 7.81. The van der Waals surface area contributed by atoms with Crippen LogP contribution >= 0.6 is 11.3 Å². The lowest BCUT2D eigenvalue weighted by molar-refractivity contribution is 0.0950. The van der Waals surface area contributed by atoms with E-state index in [2.05, 4.69) is 15.3 Å². The van der Waals surface area contributed by atoms with Gasteiger partial charge in [-0.1, -0.05) is 6.07 Å². The molecule has 0 fully saturated rings. The highest BCUT2D eigenvalue weighted by molar-refractivity contribution is 7.13. The molecule has 4 rings (SSSR count). The van der Waals surface area contributed by atoms with Gasteiger partial charge in [0.25, 0.3) is 5.91 Å². The van der Waals surface area contributed by atoms with Gasteiger partial charge < -0.3 is 10.1 Å². The van der Waals surface area contributed by atoms with Gasteiger partial charge in [0.1, 0.15) is 34.7 Å². The number of hydrogen-bond acceptors (Lipinski definition) is 5. The third-order valence-electron chi connectivity index (χ3n) is 4.56. The van der Waals surface area contributed by atoms with Crippen LogP contribution in [0.15, 0.2) is 72.2 Å². The molecule has 0 aliphatic rings. The van der Waals surface area contributed by atoms with E-state index in [1.165, 1.54) is 23.5 Å². The third-order valence-corrected chi connectivity index (χ3v) is 5.45. The number of carbonyl (C=O) groups is 1. The number of halogens is 2. The first-order chi connectivity index (χ1) is 15.6. The number of aromatic nitrogens is 2. The van der Waals surface area contributed by atoms with Crippen LogP contribution in [0.25, 0.3) is 10.6 Å². The molecule has 0 spiro atoms. The highest BCUT2D eigenvalue weighted by Crippen LogP contribution is 2.26. The average Bonchev–Trinajstić information content (AvgIpc) is 3.29. The van der Waals surface area contributed by atoms with E-state index in [1.807, 2.05) is 30.3 Å². The van der Waals surface area contributed by atoms with Crippen LogP contribution in [0.3, 0.4) is 0 Å². The van der Waals surface area contributed by atoms with Crippen molar-refractivity contribution in [1.29, 1.82) is 0 Å². The van der Waals surface area contributed by atoms with Gasteiger partial charge >= 0.3 is 0 Å². The number of nitrogens with one attached hydrogen (secondary N) is 1. The van der Waals surface area contributed by atoms with Gasteiger partial charge in [-0.05, 0) is 54.1 Å². The fourth-order valence-electron chi connectivity index (χ4n) is 3.01. The second kappa shape index (κ2) is 10.1. The first-order valence-corrected chi connectivity index (χ1v) is 10.8. The highest BCUT2D eigenvalue weighted by atomic mass is 32.1. The van der Waals surface area contributed by atoms with Crippen molar-refractivity contribution in [2.24, 2.45) is 0 Å². The largest absolute Gasteiger partial charge is 0.489 e. The van der Waals surface area contributed by atoms with Crippen LogP contribution in [-0.4, -0.2) is 22.4 Å². The quantitative estimate of drug-likeness (QED) is 0.408. The summed E-state index contributed by atoms with van der Waals surface area (Å²) in [5, 5.41) is 5.28. The van der Waals surface area contributed by atoms with Crippen LogP contribution < -0.4 is 10.1 Å². The Bertz CT molecular complexity index is 1180. The molecule has 32 heavy (non-hydrogen) atoms. The number of benzene rings is 2. The average molecular weight is 451 g/mol. The summed E-state index contributed by atoms with van der Waals surface area (Å²) in [7, 11) is 0. The molecule has 1 N–H and O–H groups in total. The molecular formula is C24H19F2N3O2S. The van der Waals surface area contributed by atoms with Crippen molar-refractivity contribution in [2.75, 3.05) is 6.54 Å². The Kier molecular flexibility index (Phi) is 6.81. The first kappa shape index (κ1) is 21.6. The molecule has 2 heterocycles. The van der Waals surface area contributed by atoms with E-state index < -0.39 is 11.6 Å². The summed E-state index contributed by atoms with van der Waals surface area (Å²) in [6.45, 7) is 0.526. The smallest absolute Gasteiger partial charge is 0.270 e. The molecule has 0 aliphatic carbocycles. The molecule has 0 saturated heterocycles. The molecule has 0 radical (unpaired) electrons. The van der Waals surface area contributed by atoms with Crippen molar-refractivity contribution in [3.8, 4) is 16.3 Å². The van der Waals surface area contributed by atoms with E-state index in [0.717, 1.165) is 17.3 Å². The van der Waals surface area contributed by atoms with Gasteiger partial charge in [-0.2, -0.15) is 0 Å². The summed E-state index contributed by atoms with van der Waals surface area (Å²) in [6, 6.07) is 16.1. The number of rotatable bonds is 8. The Morgan fingerprint density at radius 3 is 2.53 bits per heavy atom. The summed E-state index contributed by atoms with van der Waals surface area (Å²) >= 11 is 1.37. The standard InChI is InChI=1S/C24H19F2N3O2S/c25-18-11-16(12-19(26)13-18)14-31-21-6-4-17(5-7-21)24-29-22(15-32-24)23(30)28-10-8-20-3-1-2-9-27-20/h1-7,9,11-13,15H,8,10,14H2,(H,28,30). The molecule has 2 aromatic carbocycles. The molecule has 0 saturated carbocycles. The van der Waals surface area contributed by atoms with Gasteiger partial charge in [0.15, 0.2) is 0 Å². The summed E-state index contributed by atoms with van der Waals surface area (Å²) in [6.07, 6.45) is 2.37. The summed E-state index contributed by atoms with van der Waals surface area (Å²) in [5.41, 5.74) is 2.52. The Morgan fingerprint density at radius 2 is 1.81 bits per heavy atom. The van der Waals surface area contributed by atoms with Crippen molar-refractivity contribution >= 4 is 17.2 Å². The zero-order chi connectivity index (χ0) is 22.3. The maximum Gasteiger partial charge on any atom is 0.270 e. The lowest BCUT2D eigenvalue weighted by Crippen LogP contribution is -2.26. The van der Waals surface area contributed by atoms with Crippen molar-refractivity contribution in [2.45, 2.75) is 13.0 Å². The monoisotopic (exact) mass is 451 g/mol. The number of pyridine rings is 1. The molecule has 5 nitrogen and oxygen atoms in total. The lowest BCUT2D eigenvalue weighted by atomic mass is 10.2. The zero-order valence-electron chi connectivity index (χ0n) is 16.9. The predicted molar refractivity (Wildman–Crippen MR) is 119 cm³/mol. The van der Waals surface area contributed by atoms with Crippen LogP contribution in [0, 0.1) is 11.6 Å². The molecular weight excluding hydrogens is 432 g/mol. The number of thiazole rings is 1. The molecule has 162 valence electrons. The molecule has 1 amide bonds. The van der Waals surface area contributed by atoms with Crippen molar-refractivity contribution in [1.82, 2.24) is 15.3 Å². The Labute approximate surface area is 187 Å². The van der Waals surface area contributed by atoms with Crippen molar-refractivity contribution in [3.05, 3.63) is 101 Å². The van der Waals surface area contributed by atoms with Crippen LogP contribution in [0.2, 0.25) is 0 Å². The maximum absolute atomic E-state index is 13.3. The maximum atomic E-state index is 13.3. The van der Waals surface area contributed by atoms with Crippen molar-refractivity contribution in [3.63, 3.8) is 0 Å². The summed E-state index contributed by atoms with van der Waals surface area (Å²) in [4.78, 5) is 21.0. The van der Waals surface area contributed by atoms with E-state index in [0.29, 0.717) is 35.0 Å². The SMILES string of the molecule is O=C(NCCc1ccccn1)c1csc(-c2ccc(OCc3cc(F)cc(F)c3)cc2)n1. The lowest BCUT2D eigenvalue weighted by Gasteiger charge is -2.07. The molecule has 0 atom stereocenters. The zero-order valence-corrected chi connectivity index (χ0v) is 17.7. The summed E-state index contributed by atoms with van der Waals surface area (Å²) in [5.74, 6) is -0.952. The highest BCUT2D eigenvalue weighted by Gasteiger charge is 2.12. The van der Waals surface area contributed by atoms with Gasteiger partial charge in [-0.25, -0.2) is 13.8 Å². The van der Waals surface area contributed by atoms with Gasteiger partial charge in [0, 0.05) is 41.9 Å². The Hall–Kier alpha value is -3.65. The normalized spacial score (nSPS) is 10.7. The minimum absolute atomic E-state index is 0.0497. The van der Waals surface area contributed by atoms with Gasteiger partial charge in [0.05, 0.1) is 0 Å². The topological polar surface area (TPSA) is 64.1 Å². The number of hydrogen-bond donors (Lipinski definition) is 1. The van der Waals surface area contributed by atoms with Crippen LogP contribution in [0.4, 0.5) is 8.78 Å². The predicted octanol–water partition coefficient (Wildman–Crippen LogP) is 5.03. The van der Waals surface area contributed by atoms with Gasteiger partial charge in [-0.3, -0.25) is 9.78 Å². The second-order valence-electron chi connectivity index (χ2n) is 6.96. The van der Waals surface area contributed by atoms with E-state index in [4.69, 9.17) is 4.74 Å². The molecule has 0 unspecified atom stereocenters. The van der Waals surface area contributed by atoms with E-state index in [9.17, 15) is 13.6 Å². The Balaban J connectivity index is 1.31. The van der Waals surface area contributed by atoms with E-state index in [-0.39, 0.29) is 12.5 Å². The number of carbonyl (C=O) groups excluding carboxylic acids is 1. The molecule has 0 bridgehead atoms. The van der Waals surface area contributed by atoms with Crippen LogP contribution in [-0.2, 0) is 13.0 Å². The van der Waals surface area contributed by atoms with E-state index >= 15 is 0 Å². The molecule has 2 aromatic heterocycles. The van der Waals surface area contributed by atoms with Gasteiger partial charge in [-0.15, -0.1) is 11.3 Å². The fourth-order valence-corrected chi connectivity index (χ4v) is 3.81. The van der Waals surface area contributed by atoms with Crippen LogP contribution in [0.1, 0.15) is 21.7 Å². The number of nitrogens with zero attached hydrogens (tertiary/aromatic N) is 2. The molecule has 4 aromatic rings. The minimum atomic E-state index is -0.640. The Morgan fingerprint density at radius 1 is 1.03 bits per heavy atom. The molecule has 0 aliphatic heterocycles. The molecule has 8 heteroatoms. The van der Waals surface area contributed by atoms with E-state index in [1.54, 1.807) is 23.7 Å². The fraction of sp³-hybridized carbons (Fsp3) is 0.125.